The van der Waals surface area contributed by atoms with Gasteiger partial charge in [-0.05, 0) is 62.1 Å². The largest absolute Gasteiger partial charge is 0.461 e. The molecule has 0 radical (unpaired) electrons. The van der Waals surface area contributed by atoms with Crippen molar-refractivity contribution in [3.63, 3.8) is 0 Å². The minimum Gasteiger partial charge on any atom is -0.461 e. The molecular formula is C34H32F4N6O. The number of piperazine rings is 1. The van der Waals surface area contributed by atoms with Gasteiger partial charge in [0.1, 0.15) is 29.9 Å². The van der Waals surface area contributed by atoms with Crippen molar-refractivity contribution in [3.05, 3.63) is 53.3 Å². The lowest BCUT2D eigenvalue weighted by molar-refractivity contribution is 0.107. The van der Waals surface area contributed by atoms with Gasteiger partial charge in [0, 0.05) is 59.9 Å². The smallest absolute Gasteiger partial charge is 0.319 e. The number of benzene rings is 3. The Morgan fingerprint density at radius 1 is 1.02 bits per heavy atom. The van der Waals surface area contributed by atoms with Gasteiger partial charge in [0.05, 0.1) is 16.8 Å². The third kappa shape index (κ3) is 4.49. The zero-order valence-electron chi connectivity index (χ0n) is 24.6. The Morgan fingerprint density at radius 3 is 2.58 bits per heavy atom. The lowest BCUT2D eigenvalue weighted by Gasteiger charge is -2.34. The van der Waals surface area contributed by atoms with E-state index < -0.39 is 29.2 Å². The average Bonchev–Trinajstić information content (AvgIpc) is 3.68. The average molecular weight is 617 g/mol. The molecule has 2 bridgehead atoms. The molecule has 4 saturated heterocycles. The number of halogens is 4. The van der Waals surface area contributed by atoms with Crippen molar-refractivity contribution in [1.29, 1.82) is 0 Å². The van der Waals surface area contributed by atoms with E-state index in [0.717, 1.165) is 38.3 Å². The molecule has 3 N–H and O–H groups in total. The van der Waals surface area contributed by atoms with Gasteiger partial charge in [0.15, 0.2) is 11.6 Å². The van der Waals surface area contributed by atoms with E-state index in [9.17, 15) is 8.78 Å². The summed E-state index contributed by atoms with van der Waals surface area (Å²) in [6.07, 6.45) is 8.95. The van der Waals surface area contributed by atoms with Gasteiger partial charge in [-0.3, -0.25) is 4.90 Å². The van der Waals surface area contributed by atoms with Gasteiger partial charge in [0.25, 0.3) is 0 Å². The SMILES string of the molecule is C#Cc1c(F)ccc2c(F)c(N)cc(-c3ccc4c(N5CC6CCC(C5)N6)nc(OCC56CCCN5CC(F)C6)nc4c3F)c12. The second-order valence-corrected chi connectivity index (χ2v) is 12.9. The summed E-state index contributed by atoms with van der Waals surface area (Å²) in [7, 11) is 0. The number of hydrogen-bond acceptors (Lipinski definition) is 7. The molecule has 0 amide bonds. The first-order valence-electron chi connectivity index (χ1n) is 15.4. The molecule has 4 aromatic rings. The van der Waals surface area contributed by atoms with Crippen LogP contribution >= 0.6 is 0 Å². The number of fused-ring (bicyclic) bond motifs is 5. The number of alkyl halides is 1. The van der Waals surface area contributed by atoms with Crippen LogP contribution in [0.5, 0.6) is 6.01 Å². The van der Waals surface area contributed by atoms with Gasteiger partial charge in [-0.1, -0.05) is 12.0 Å². The van der Waals surface area contributed by atoms with Gasteiger partial charge >= 0.3 is 6.01 Å². The maximum atomic E-state index is 16.8. The summed E-state index contributed by atoms with van der Waals surface area (Å²) >= 11 is 0. The van der Waals surface area contributed by atoms with Gasteiger partial charge in [0.2, 0.25) is 0 Å². The number of nitrogen functional groups attached to an aromatic ring is 1. The number of rotatable bonds is 5. The molecule has 7 nitrogen and oxygen atoms in total. The van der Waals surface area contributed by atoms with Crippen LogP contribution in [0.3, 0.4) is 0 Å². The summed E-state index contributed by atoms with van der Waals surface area (Å²) in [5.74, 6) is 0.638. The predicted octanol–water partition coefficient (Wildman–Crippen LogP) is 5.33. The molecule has 5 heterocycles. The highest BCUT2D eigenvalue weighted by molar-refractivity contribution is 6.05. The fourth-order valence-corrected chi connectivity index (χ4v) is 8.10. The van der Waals surface area contributed by atoms with Crippen LogP contribution < -0.4 is 20.7 Å². The molecule has 11 heteroatoms. The molecule has 45 heavy (non-hydrogen) atoms. The second-order valence-electron chi connectivity index (χ2n) is 12.9. The van der Waals surface area contributed by atoms with Gasteiger partial charge in [-0.25, -0.2) is 17.6 Å². The molecular weight excluding hydrogens is 584 g/mol. The maximum Gasteiger partial charge on any atom is 0.319 e. The molecule has 0 spiro atoms. The quantitative estimate of drug-likeness (QED) is 0.178. The minimum atomic E-state index is -0.922. The molecule has 4 aliphatic heterocycles. The highest BCUT2D eigenvalue weighted by Gasteiger charge is 2.49. The van der Waals surface area contributed by atoms with Crippen LogP contribution in [0.1, 0.15) is 37.7 Å². The highest BCUT2D eigenvalue weighted by atomic mass is 19.1. The number of ether oxygens (including phenoxy) is 1. The van der Waals surface area contributed by atoms with E-state index in [4.69, 9.17) is 21.9 Å². The molecule has 232 valence electrons. The van der Waals surface area contributed by atoms with Crippen molar-refractivity contribution in [2.75, 3.05) is 43.4 Å². The lowest BCUT2D eigenvalue weighted by atomic mass is 9.92. The molecule has 0 aliphatic carbocycles. The van der Waals surface area contributed by atoms with E-state index in [-0.39, 0.29) is 51.3 Å². The topological polar surface area (TPSA) is 79.5 Å². The fourth-order valence-electron chi connectivity index (χ4n) is 8.10. The first-order valence-corrected chi connectivity index (χ1v) is 15.4. The monoisotopic (exact) mass is 616 g/mol. The fraction of sp³-hybridized carbons (Fsp3) is 0.412. The number of nitrogens with one attached hydrogen (secondary N) is 1. The first kappa shape index (κ1) is 28.3. The number of anilines is 2. The highest BCUT2D eigenvalue weighted by Crippen LogP contribution is 2.43. The van der Waals surface area contributed by atoms with Crippen molar-refractivity contribution in [3.8, 4) is 29.5 Å². The molecule has 0 saturated carbocycles. The Morgan fingerprint density at radius 2 is 1.80 bits per heavy atom. The van der Waals surface area contributed by atoms with Crippen LogP contribution in [-0.4, -0.2) is 71.4 Å². The van der Waals surface area contributed by atoms with Crippen LogP contribution in [0.25, 0.3) is 32.8 Å². The Labute approximate surface area is 257 Å². The van der Waals surface area contributed by atoms with Crippen LogP contribution in [-0.2, 0) is 0 Å². The third-order valence-corrected chi connectivity index (χ3v) is 10.2. The normalized spacial score (nSPS) is 26.1. The van der Waals surface area contributed by atoms with E-state index in [0.29, 0.717) is 49.3 Å². The summed E-state index contributed by atoms with van der Waals surface area (Å²) < 4.78 is 67.5. The summed E-state index contributed by atoms with van der Waals surface area (Å²) in [5, 5.41) is 4.13. The molecule has 4 aliphatic rings. The number of aromatic nitrogens is 2. The molecule has 1 aromatic heterocycles. The van der Waals surface area contributed by atoms with E-state index in [1.165, 1.54) is 12.1 Å². The minimum absolute atomic E-state index is 0.00167. The summed E-state index contributed by atoms with van der Waals surface area (Å²) in [4.78, 5) is 13.6. The zero-order chi connectivity index (χ0) is 31.0. The van der Waals surface area contributed by atoms with E-state index in [1.807, 2.05) is 0 Å². The third-order valence-electron chi connectivity index (χ3n) is 10.2. The van der Waals surface area contributed by atoms with Crippen LogP contribution in [0.4, 0.5) is 29.1 Å². The van der Waals surface area contributed by atoms with Crippen LogP contribution in [0, 0.1) is 29.8 Å². The van der Waals surface area contributed by atoms with Crippen molar-refractivity contribution in [1.82, 2.24) is 20.2 Å². The molecule has 4 unspecified atom stereocenters. The van der Waals surface area contributed by atoms with Crippen molar-refractivity contribution in [2.24, 2.45) is 0 Å². The van der Waals surface area contributed by atoms with E-state index >= 15 is 8.78 Å². The molecule has 3 aromatic carbocycles. The second kappa shape index (κ2) is 10.5. The summed E-state index contributed by atoms with van der Waals surface area (Å²) in [6, 6.07) is 7.45. The Hall–Kier alpha value is -4.14. The maximum absolute atomic E-state index is 16.8. The lowest BCUT2D eigenvalue weighted by Crippen LogP contribution is -2.51. The van der Waals surface area contributed by atoms with Crippen LogP contribution in [0.15, 0.2) is 30.3 Å². The van der Waals surface area contributed by atoms with Gasteiger partial charge in [-0.2, -0.15) is 9.97 Å². The Bertz CT molecular complexity index is 1900. The van der Waals surface area contributed by atoms with E-state index in [1.54, 1.807) is 12.1 Å². The van der Waals surface area contributed by atoms with Gasteiger partial charge in [-0.15, -0.1) is 6.42 Å². The van der Waals surface area contributed by atoms with Gasteiger partial charge < -0.3 is 20.7 Å². The Balaban J connectivity index is 1.29. The summed E-state index contributed by atoms with van der Waals surface area (Å²) in [6.45, 7) is 2.76. The summed E-state index contributed by atoms with van der Waals surface area (Å²) in [5.41, 5.74) is 5.36. The standard InChI is InChI=1S/C34H32F4N6O/c1-2-21-26(36)9-8-23-28(21)25(12-27(39)29(23)37)22-6-7-24-31(30(22)38)41-33(42-32(24)43-15-19-4-5-20(16-43)40-19)45-17-34-10-3-11-44(34)14-18(35)13-34/h1,6-9,12,18-20,40H,3-5,10-11,13-17,39H2. The van der Waals surface area contributed by atoms with Crippen molar-refractivity contribution >= 4 is 33.2 Å². The number of terminal acetylenes is 1. The van der Waals surface area contributed by atoms with E-state index in [2.05, 4.69) is 26.0 Å². The first-order chi connectivity index (χ1) is 21.7. The van der Waals surface area contributed by atoms with Crippen molar-refractivity contribution < 1.29 is 22.3 Å². The molecule has 4 atom stereocenters. The van der Waals surface area contributed by atoms with Crippen LogP contribution in [0.2, 0.25) is 0 Å². The van der Waals surface area contributed by atoms with Crippen molar-refractivity contribution in [2.45, 2.75) is 55.9 Å². The predicted molar refractivity (Wildman–Crippen MR) is 165 cm³/mol. The molecule has 4 fully saturated rings. The number of nitrogens with zero attached hydrogens (tertiary/aromatic N) is 4. The Kier molecular flexibility index (Phi) is 6.59. The zero-order valence-corrected chi connectivity index (χ0v) is 24.6. The number of nitrogens with two attached hydrogens (primary N) is 1. The molecule has 8 rings (SSSR count). The number of hydrogen-bond donors (Lipinski definition) is 2.